The normalized spacial score (nSPS) is 18.7. The summed E-state index contributed by atoms with van der Waals surface area (Å²) >= 11 is 0. The zero-order valence-electron chi connectivity index (χ0n) is 22.5. The van der Waals surface area contributed by atoms with Crippen molar-refractivity contribution in [3.63, 3.8) is 0 Å². The van der Waals surface area contributed by atoms with E-state index in [1.54, 1.807) is 27.2 Å². The number of carboxylic acids is 1. The lowest BCUT2D eigenvalue weighted by Gasteiger charge is -2.42. The number of ether oxygens (including phenoxy) is 1. The summed E-state index contributed by atoms with van der Waals surface area (Å²) in [4.78, 5) is 12.4. The smallest absolute Gasteiger partial charge is 0.304 e. The molecule has 2 heterocycles. The Balaban J connectivity index is 1.55. The lowest BCUT2D eigenvalue weighted by atomic mass is 9.84. The molecule has 0 radical (unpaired) electrons. The second-order valence-corrected chi connectivity index (χ2v) is 12.1. The molecule has 9 nitrogen and oxygen atoms in total. The summed E-state index contributed by atoms with van der Waals surface area (Å²) < 4.78 is 32.4. The molecule has 5 rings (SSSR count). The van der Waals surface area contributed by atoms with E-state index in [0.717, 1.165) is 38.9 Å². The number of rotatable bonds is 7. The summed E-state index contributed by atoms with van der Waals surface area (Å²) in [5.41, 5.74) is 6.14. The maximum absolute atomic E-state index is 12.0. The molecule has 1 aliphatic heterocycles. The van der Waals surface area contributed by atoms with Crippen LogP contribution in [0.2, 0.25) is 0 Å². The highest BCUT2D eigenvalue weighted by Gasteiger charge is 2.35. The van der Waals surface area contributed by atoms with Crippen LogP contribution in [0.4, 0.5) is 0 Å². The van der Waals surface area contributed by atoms with Gasteiger partial charge in [0.1, 0.15) is 22.3 Å². The Kier molecular flexibility index (Phi) is 7.39. The molecule has 0 amide bonds. The molecule has 0 aliphatic carbocycles. The van der Waals surface area contributed by atoms with Crippen LogP contribution in [-0.4, -0.2) is 52.1 Å². The monoisotopic (exact) mass is 550 g/mol. The van der Waals surface area contributed by atoms with E-state index in [1.165, 1.54) is 0 Å². The zero-order valence-corrected chi connectivity index (χ0v) is 23.4. The number of carboxylic acid groups (broad SMARTS) is 1. The van der Waals surface area contributed by atoms with Gasteiger partial charge in [-0.25, -0.2) is 4.68 Å². The summed E-state index contributed by atoms with van der Waals surface area (Å²) in [5, 5.41) is 18.2. The molecule has 2 atom stereocenters. The average molecular weight is 551 g/mol. The molecule has 3 N–H and O–H groups in total. The summed E-state index contributed by atoms with van der Waals surface area (Å²) in [6, 6.07) is 16.9. The molecule has 0 fully saturated rings. The molecule has 1 aliphatic rings. The van der Waals surface area contributed by atoms with Gasteiger partial charge in [0.05, 0.1) is 18.5 Å². The molecule has 1 unspecified atom stereocenters. The Hall–Kier alpha value is -3.44. The van der Waals surface area contributed by atoms with E-state index in [0.29, 0.717) is 23.6 Å². The fraction of sp³-hybridized carbons (Fsp3) is 0.345. The first-order valence-corrected chi connectivity index (χ1v) is 14.5. The standard InChI is InChI=1S/C29H34N4O5S/c1-5-22-17-33(39(36,37)27-9-7-6-8-26(27)38-22)16-21-14-20(11-10-18(21)2)24(15-28(34)35)23-12-13-25-29(19(23)3)30-31-32(25)4/h6-14,22,24,36-37H,5,15-17H2,1-4H3,(H,34,35)/t22-,24?/m1/s1. The van der Waals surface area contributed by atoms with Gasteiger partial charge in [-0.15, -0.1) is 15.9 Å². The Labute approximate surface area is 229 Å². The van der Waals surface area contributed by atoms with Gasteiger partial charge in [0, 0.05) is 19.5 Å². The minimum atomic E-state index is -3.31. The van der Waals surface area contributed by atoms with Crippen molar-refractivity contribution in [2.75, 3.05) is 6.54 Å². The fourth-order valence-corrected chi connectivity index (χ4v) is 6.92. The van der Waals surface area contributed by atoms with Gasteiger partial charge in [-0.1, -0.05) is 48.5 Å². The van der Waals surface area contributed by atoms with Gasteiger partial charge in [-0.3, -0.25) is 13.9 Å². The number of fused-ring (bicyclic) bond motifs is 2. The highest BCUT2D eigenvalue weighted by molar-refractivity contribution is 8.22. The zero-order chi connectivity index (χ0) is 27.9. The van der Waals surface area contributed by atoms with Gasteiger partial charge in [-0.05, 0) is 66.3 Å². The number of benzene rings is 3. The maximum atomic E-state index is 12.0. The van der Waals surface area contributed by atoms with Gasteiger partial charge in [0.2, 0.25) is 0 Å². The van der Waals surface area contributed by atoms with Crippen molar-refractivity contribution in [2.24, 2.45) is 7.05 Å². The quantitative estimate of drug-likeness (QED) is 0.261. The molecule has 4 aromatic rings. The van der Waals surface area contributed by atoms with Crippen LogP contribution in [0.3, 0.4) is 0 Å². The minimum Gasteiger partial charge on any atom is -0.487 e. The predicted molar refractivity (Wildman–Crippen MR) is 151 cm³/mol. The lowest BCUT2D eigenvalue weighted by Crippen LogP contribution is -2.34. The number of carbonyl (C=O) groups is 1. The SMILES string of the molecule is CC[C@@H]1CN(Cc2cc(C(CC(=O)O)c3ccc4c(nnn4C)c3C)ccc2C)S(O)(O)c2ccccc2O1. The van der Waals surface area contributed by atoms with E-state index >= 15 is 0 Å². The molecule has 1 aromatic heterocycles. The van der Waals surface area contributed by atoms with Gasteiger partial charge in [0.15, 0.2) is 0 Å². The van der Waals surface area contributed by atoms with Crippen molar-refractivity contribution in [1.82, 2.24) is 19.3 Å². The van der Waals surface area contributed by atoms with Crippen molar-refractivity contribution >= 4 is 27.8 Å². The summed E-state index contributed by atoms with van der Waals surface area (Å²) in [7, 11) is -1.49. The molecule has 0 bridgehead atoms. The largest absolute Gasteiger partial charge is 0.487 e. The van der Waals surface area contributed by atoms with Crippen LogP contribution < -0.4 is 4.74 Å². The van der Waals surface area contributed by atoms with Crippen LogP contribution in [0.1, 0.15) is 53.5 Å². The van der Waals surface area contributed by atoms with E-state index in [-0.39, 0.29) is 19.1 Å². The lowest BCUT2D eigenvalue weighted by molar-refractivity contribution is -0.137. The second-order valence-electron chi connectivity index (χ2n) is 10.1. The Morgan fingerprint density at radius 1 is 1.15 bits per heavy atom. The molecule has 39 heavy (non-hydrogen) atoms. The number of aryl methyl sites for hydroxylation is 3. The van der Waals surface area contributed by atoms with Crippen LogP contribution in [0.25, 0.3) is 11.0 Å². The Morgan fingerprint density at radius 2 is 1.92 bits per heavy atom. The van der Waals surface area contributed by atoms with Gasteiger partial charge < -0.3 is 9.84 Å². The van der Waals surface area contributed by atoms with E-state index in [9.17, 15) is 19.0 Å². The first kappa shape index (κ1) is 27.1. The number of hydrogen-bond donors (Lipinski definition) is 3. The highest BCUT2D eigenvalue weighted by Crippen LogP contribution is 2.57. The predicted octanol–water partition coefficient (Wildman–Crippen LogP) is 5.89. The van der Waals surface area contributed by atoms with Crippen LogP contribution in [0.15, 0.2) is 59.5 Å². The van der Waals surface area contributed by atoms with Crippen LogP contribution >= 0.6 is 10.8 Å². The molecule has 0 spiro atoms. The number of aromatic nitrogens is 3. The second kappa shape index (κ2) is 10.6. The first-order chi connectivity index (χ1) is 18.6. The number of para-hydroxylation sites is 1. The summed E-state index contributed by atoms with van der Waals surface area (Å²) in [6.07, 6.45) is 0.418. The summed E-state index contributed by atoms with van der Waals surface area (Å²) in [5.74, 6) is -0.819. The van der Waals surface area contributed by atoms with Crippen molar-refractivity contribution in [1.29, 1.82) is 0 Å². The average Bonchev–Trinajstić information content (AvgIpc) is 3.24. The van der Waals surface area contributed by atoms with Crippen LogP contribution in [-0.2, 0) is 18.4 Å². The number of hydrogen-bond acceptors (Lipinski definition) is 7. The fourth-order valence-electron chi connectivity index (χ4n) is 5.30. The van der Waals surface area contributed by atoms with Crippen molar-refractivity contribution in [3.8, 4) is 5.75 Å². The summed E-state index contributed by atoms with van der Waals surface area (Å²) in [6.45, 7) is 6.57. The van der Waals surface area contributed by atoms with Gasteiger partial charge in [0.25, 0.3) is 0 Å². The number of nitrogens with zero attached hydrogens (tertiary/aromatic N) is 4. The van der Waals surface area contributed by atoms with Crippen LogP contribution in [0, 0.1) is 13.8 Å². The van der Waals surface area contributed by atoms with E-state index < -0.39 is 22.7 Å². The molecule has 0 saturated carbocycles. The van der Waals surface area contributed by atoms with Gasteiger partial charge in [-0.2, -0.15) is 4.31 Å². The molecular weight excluding hydrogens is 516 g/mol. The maximum Gasteiger partial charge on any atom is 0.304 e. The first-order valence-electron chi connectivity index (χ1n) is 13.0. The Morgan fingerprint density at radius 3 is 2.67 bits per heavy atom. The van der Waals surface area contributed by atoms with E-state index in [2.05, 4.69) is 10.3 Å². The molecule has 10 heteroatoms. The highest BCUT2D eigenvalue weighted by atomic mass is 32.3. The van der Waals surface area contributed by atoms with E-state index in [1.807, 2.05) is 64.2 Å². The van der Waals surface area contributed by atoms with E-state index in [4.69, 9.17) is 4.74 Å². The third kappa shape index (κ3) is 5.12. The van der Waals surface area contributed by atoms with Crippen LogP contribution in [0.5, 0.6) is 5.75 Å². The number of aliphatic carboxylic acids is 1. The molecule has 206 valence electrons. The third-order valence-electron chi connectivity index (χ3n) is 7.62. The Bertz CT molecular complexity index is 1540. The van der Waals surface area contributed by atoms with Crippen molar-refractivity contribution in [2.45, 2.75) is 57.1 Å². The van der Waals surface area contributed by atoms with Crippen molar-refractivity contribution < 1.29 is 23.7 Å². The molecule has 0 saturated heterocycles. The molecule has 3 aromatic carbocycles. The topological polar surface area (TPSA) is 121 Å². The third-order valence-corrected chi connectivity index (χ3v) is 9.54. The minimum absolute atomic E-state index is 0.0901. The molecular formula is C29H34N4O5S. The van der Waals surface area contributed by atoms with Crippen molar-refractivity contribution in [3.05, 3.63) is 82.4 Å². The van der Waals surface area contributed by atoms with Gasteiger partial charge >= 0.3 is 5.97 Å².